The van der Waals surface area contributed by atoms with Crippen molar-refractivity contribution in [2.24, 2.45) is 5.92 Å². The Morgan fingerprint density at radius 1 is 0.882 bits per heavy atom. The lowest BCUT2D eigenvalue weighted by Crippen LogP contribution is -2.44. The van der Waals surface area contributed by atoms with Crippen LogP contribution in [0.5, 0.6) is 5.75 Å². The lowest BCUT2D eigenvalue weighted by Gasteiger charge is -2.37. The monoisotopic (exact) mass is 504 g/mol. The molecule has 0 aliphatic carbocycles. The summed E-state index contributed by atoms with van der Waals surface area (Å²) in [5.74, 6) is 0.989. The van der Waals surface area contributed by atoms with Gasteiger partial charge in [-0.2, -0.15) is 0 Å². The number of rotatable bonds is 6. The summed E-state index contributed by atoms with van der Waals surface area (Å²) >= 11 is 12.1. The number of ether oxygens (including phenoxy) is 2. The minimum Gasteiger partial charge on any atom is -0.490 e. The summed E-state index contributed by atoms with van der Waals surface area (Å²) in [6.45, 7) is 4.61. The van der Waals surface area contributed by atoms with Crippen molar-refractivity contribution in [3.63, 3.8) is 0 Å². The Balaban J connectivity index is 1.19. The van der Waals surface area contributed by atoms with Crippen molar-refractivity contribution >= 4 is 35.1 Å². The molecule has 2 aromatic carbocycles. The number of amides is 1. The van der Waals surface area contributed by atoms with Crippen molar-refractivity contribution in [2.75, 3.05) is 39.8 Å². The molecule has 1 amide bonds. The van der Waals surface area contributed by atoms with Crippen LogP contribution in [-0.2, 0) is 4.74 Å². The van der Waals surface area contributed by atoms with Crippen molar-refractivity contribution in [2.45, 2.75) is 31.8 Å². The summed E-state index contributed by atoms with van der Waals surface area (Å²) in [6, 6.07) is 12.1. The molecule has 4 rings (SSSR count). The third-order valence-electron chi connectivity index (χ3n) is 6.70. The highest BCUT2D eigenvalue weighted by Gasteiger charge is 2.27. The molecule has 2 aromatic rings. The number of methoxy groups -OCH3 is 1. The van der Waals surface area contributed by atoms with Gasteiger partial charge in [-0.25, -0.2) is 4.79 Å². The van der Waals surface area contributed by atoms with Crippen LogP contribution in [0.1, 0.15) is 46.4 Å². The standard InChI is InChI=1S/C26H30Cl2N2O4/c1-33-26(32)20-4-2-19(3-5-20)25(31)30-14-8-18(9-15-30)17-29-12-10-21(11-13-29)34-22-6-7-23(27)24(28)16-22/h2-7,16,18,21H,8-15,17H2,1H3. The molecule has 2 aliphatic heterocycles. The van der Waals surface area contributed by atoms with E-state index in [1.165, 1.54) is 7.11 Å². The summed E-state index contributed by atoms with van der Waals surface area (Å²) in [7, 11) is 1.35. The van der Waals surface area contributed by atoms with Crippen LogP contribution < -0.4 is 4.74 Å². The highest BCUT2D eigenvalue weighted by atomic mass is 35.5. The fourth-order valence-electron chi connectivity index (χ4n) is 4.69. The van der Waals surface area contributed by atoms with Crippen molar-refractivity contribution < 1.29 is 19.1 Å². The Hall–Kier alpha value is -2.28. The maximum absolute atomic E-state index is 12.8. The first-order valence-electron chi connectivity index (χ1n) is 11.7. The fourth-order valence-corrected chi connectivity index (χ4v) is 4.97. The Bertz CT molecular complexity index is 998. The first-order chi connectivity index (χ1) is 16.4. The second-order valence-corrected chi connectivity index (χ2v) is 9.81. The van der Waals surface area contributed by atoms with Crippen molar-refractivity contribution in [1.82, 2.24) is 9.80 Å². The third kappa shape index (κ3) is 6.23. The van der Waals surface area contributed by atoms with E-state index in [4.69, 9.17) is 32.7 Å². The molecule has 8 heteroatoms. The van der Waals surface area contributed by atoms with E-state index in [1.807, 2.05) is 11.0 Å². The Kier molecular flexibility index (Phi) is 8.35. The molecule has 0 bridgehead atoms. The Morgan fingerprint density at radius 3 is 2.15 bits per heavy atom. The zero-order valence-corrected chi connectivity index (χ0v) is 20.9. The summed E-state index contributed by atoms with van der Waals surface area (Å²) < 4.78 is 10.8. The van der Waals surface area contributed by atoms with Gasteiger partial charge in [-0.05, 0) is 68.0 Å². The second-order valence-electron chi connectivity index (χ2n) is 9.00. The van der Waals surface area contributed by atoms with E-state index in [9.17, 15) is 9.59 Å². The van der Waals surface area contributed by atoms with E-state index in [0.717, 1.165) is 64.2 Å². The topological polar surface area (TPSA) is 59.1 Å². The molecule has 0 unspecified atom stereocenters. The molecular weight excluding hydrogens is 475 g/mol. The number of hydrogen-bond acceptors (Lipinski definition) is 5. The maximum atomic E-state index is 12.8. The molecule has 6 nitrogen and oxygen atoms in total. The van der Waals surface area contributed by atoms with Gasteiger partial charge >= 0.3 is 5.97 Å². The molecule has 0 N–H and O–H groups in total. The van der Waals surface area contributed by atoms with Crippen LogP contribution in [0, 0.1) is 5.92 Å². The van der Waals surface area contributed by atoms with E-state index < -0.39 is 5.97 Å². The second kappa shape index (κ2) is 11.4. The number of nitrogens with zero attached hydrogens (tertiary/aromatic N) is 2. The van der Waals surface area contributed by atoms with Gasteiger partial charge in [-0.1, -0.05) is 23.2 Å². The summed E-state index contributed by atoms with van der Waals surface area (Å²) in [4.78, 5) is 28.9. The highest BCUT2D eigenvalue weighted by molar-refractivity contribution is 6.42. The van der Waals surface area contributed by atoms with Gasteiger partial charge in [0.15, 0.2) is 0 Å². The number of carbonyl (C=O) groups excluding carboxylic acids is 2. The van der Waals surface area contributed by atoms with Gasteiger partial charge in [-0.3, -0.25) is 4.79 Å². The molecule has 182 valence electrons. The SMILES string of the molecule is COC(=O)c1ccc(C(=O)N2CCC(CN3CCC(Oc4ccc(Cl)c(Cl)c4)CC3)CC2)cc1. The van der Waals surface area contributed by atoms with Gasteiger partial charge in [0, 0.05) is 44.4 Å². The van der Waals surface area contributed by atoms with Gasteiger partial charge in [-0.15, -0.1) is 0 Å². The van der Waals surface area contributed by atoms with Gasteiger partial charge in [0.05, 0.1) is 22.7 Å². The number of esters is 1. The van der Waals surface area contributed by atoms with Crippen LogP contribution >= 0.6 is 23.2 Å². The summed E-state index contributed by atoms with van der Waals surface area (Å²) in [5.41, 5.74) is 1.05. The lowest BCUT2D eigenvalue weighted by atomic mass is 9.94. The molecule has 2 saturated heterocycles. The number of likely N-dealkylation sites (tertiary alicyclic amines) is 2. The average Bonchev–Trinajstić information content (AvgIpc) is 2.87. The van der Waals surface area contributed by atoms with E-state index in [-0.39, 0.29) is 12.0 Å². The van der Waals surface area contributed by atoms with Gasteiger partial charge in [0.1, 0.15) is 11.9 Å². The summed E-state index contributed by atoms with van der Waals surface area (Å²) in [6.07, 6.45) is 4.17. The molecule has 0 radical (unpaired) electrons. The Morgan fingerprint density at radius 2 is 1.53 bits per heavy atom. The molecule has 0 aromatic heterocycles. The van der Waals surface area contributed by atoms with Crippen LogP contribution in [0.2, 0.25) is 10.0 Å². The maximum Gasteiger partial charge on any atom is 0.337 e. The Labute approximate surface area is 210 Å². The fraction of sp³-hybridized carbons (Fsp3) is 0.462. The quantitative estimate of drug-likeness (QED) is 0.507. The lowest BCUT2D eigenvalue weighted by molar-refractivity contribution is 0.0593. The molecule has 0 atom stereocenters. The van der Waals surface area contributed by atoms with E-state index in [1.54, 1.807) is 36.4 Å². The highest BCUT2D eigenvalue weighted by Crippen LogP contribution is 2.29. The largest absolute Gasteiger partial charge is 0.490 e. The van der Waals surface area contributed by atoms with Gasteiger partial charge in [0.25, 0.3) is 5.91 Å². The molecular formula is C26H30Cl2N2O4. The van der Waals surface area contributed by atoms with E-state index in [2.05, 4.69) is 4.90 Å². The van der Waals surface area contributed by atoms with E-state index in [0.29, 0.717) is 27.1 Å². The molecule has 34 heavy (non-hydrogen) atoms. The number of carbonyl (C=O) groups is 2. The predicted octanol–water partition coefficient (Wildman–Crippen LogP) is 5.18. The van der Waals surface area contributed by atoms with Crippen LogP contribution in [0.3, 0.4) is 0 Å². The van der Waals surface area contributed by atoms with Crippen molar-refractivity contribution in [3.8, 4) is 5.75 Å². The van der Waals surface area contributed by atoms with Crippen LogP contribution in [0.25, 0.3) is 0 Å². The van der Waals surface area contributed by atoms with Crippen molar-refractivity contribution in [3.05, 3.63) is 63.6 Å². The molecule has 2 fully saturated rings. The molecule has 0 saturated carbocycles. The van der Waals surface area contributed by atoms with E-state index >= 15 is 0 Å². The first kappa shape index (κ1) is 24.8. The van der Waals surface area contributed by atoms with Crippen molar-refractivity contribution in [1.29, 1.82) is 0 Å². The average molecular weight is 505 g/mol. The smallest absolute Gasteiger partial charge is 0.337 e. The van der Waals surface area contributed by atoms with Gasteiger partial charge in [0.2, 0.25) is 0 Å². The minimum atomic E-state index is -0.398. The van der Waals surface area contributed by atoms with Gasteiger partial charge < -0.3 is 19.3 Å². The molecule has 0 spiro atoms. The number of hydrogen-bond donors (Lipinski definition) is 0. The number of benzene rings is 2. The molecule has 2 heterocycles. The first-order valence-corrected chi connectivity index (χ1v) is 12.5. The number of piperidine rings is 2. The molecule has 2 aliphatic rings. The van der Waals surface area contributed by atoms with Crippen LogP contribution in [-0.4, -0.2) is 67.6 Å². The normalized spacial score (nSPS) is 18.0. The summed E-state index contributed by atoms with van der Waals surface area (Å²) in [5, 5.41) is 1.05. The minimum absolute atomic E-state index is 0.0233. The zero-order chi connectivity index (χ0) is 24.1. The predicted molar refractivity (Wildman–Crippen MR) is 133 cm³/mol. The van der Waals surface area contributed by atoms with Crippen LogP contribution in [0.4, 0.5) is 0 Å². The third-order valence-corrected chi connectivity index (χ3v) is 7.44. The zero-order valence-electron chi connectivity index (χ0n) is 19.3. The van der Waals surface area contributed by atoms with Crippen LogP contribution in [0.15, 0.2) is 42.5 Å². The number of halogens is 2.